The summed E-state index contributed by atoms with van der Waals surface area (Å²) in [6.45, 7) is 1.06. The molecule has 2 aromatic carbocycles. The van der Waals surface area contributed by atoms with E-state index in [1.807, 2.05) is 36.5 Å². The Balaban J connectivity index is 0.000000131. The zero-order valence-electron chi connectivity index (χ0n) is 12.8. The summed E-state index contributed by atoms with van der Waals surface area (Å²) < 4.78 is 10.2. The van der Waals surface area contributed by atoms with Crippen molar-refractivity contribution in [3.05, 3.63) is 54.2 Å². The van der Waals surface area contributed by atoms with Crippen LogP contribution in [0.15, 0.2) is 48.7 Å². The first-order chi connectivity index (χ1) is 10.8. The summed E-state index contributed by atoms with van der Waals surface area (Å²) in [5.41, 5.74) is 3.76. The lowest BCUT2D eigenvalue weighted by Crippen LogP contribution is -1.90. The number of benzene rings is 2. The molecule has 0 radical (unpaired) electrons. The minimum absolute atomic E-state index is 0.900. The van der Waals surface area contributed by atoms with E-state index in [0.29, 0.717) is 0 Å². The largest absolute Gasteiger partial charge is 0.497 e. The van der Waals surface area contributed by atoms with Gasteiger partial charge in [-0.05, 0) is 54.4 Å². The molecular weight excluding hydrogens is 276 g/mol. The van der Waals surface area contributed by atoms with Crippen molar-refractivity contribution in [2.75, 3.05) is 26.1 Å². The van der Waals surface area contributed by atoms with Crippen molar-refractivity contribution in [1.29, 1.82) is 0 Å². The molecular formula is C18H20N2O2. The quantitative estimate of drug-likeness (QED) is 0.755. The number of aromatic amines is 1. The number of rotatable bonds is 2. The summed E-state index contributed by atoms with van der Waals surface area (Å²) in [7, 11) is 3.37. The first-order valence-electron chi connectivity index (χ1n) is 7.32. The maximum absolute atomic E-state index is 5.11. The molecule has 0 saturated carbocycles. The van der Waals surface area contributed by atoms with Gasteiger partial charge in [0.25, 0.3) is 0 Å². The van der Waals surface area contributed by atoms with Crippen LogP contribution in [0.5, 0.6) is 11.5 Å². The molecule has 4 heteroatoms. The van der Waals surface area contributed by atoms with Crippen LogP contribution < -0.4 is 14.8 Å². The van der Waals surface area contributed by atoms with E-state index < -0.39 is 0 Å². The monoisotopic (exact) mass is 296 g/mol. The zero-order chi connectivity index (χ0) is 15.4. The molecule has 2 heterocycles. The predicted octanol–water partition coefficient (Wildman–Crippen LogP) is 3.84. The van der Waals surface area contributed by atoms with Crippen LogP contribution in [0.3, 0.4) is 0 Å². The standard InChI is InChI=1S/C9H11NO.C9H9NO/c2*1-11-8-2-3-9-7(6-8)4-5-10-9/h2-3,6,10H,4-5H2,1H3;2-6,10H,1H3. The topological polar surface area (TPSA) is 46.3 Å². The molecule has 22 heavy (non-hydrogen) atoms. The maximum atomic E-state index is 5.11. The fourth-order valence-corrected chi connectivity index (χ4v) is 2.57. The van der Waals surface area contributed by atoms with E-state index in [1.54, 1.807) is 14.2 Å². The van der Waals surface area contributed by atoms with E-state index in [0.717, 1.165) is 30.0 Å². The van der Waals surface area contributed by atoms with Gasteiger partial charge in [0.1, 0.15) is 11.5 Å². The van der Waals surface area contributed by atoms with Gasteiger partial charge in [0.15, 0.2) is 0 Å². The molecule has 3 aromatic rings. The van der Waals surface area contributed by atoms with Gasteiger partial charge in [-0.3, -0.25) is 0 Å². The van der Waals surface area contributed by atoms with E-state index in [4.69, 9.17) is 9.47 Å². The molecule has 1 aliphatic rings. The lowest BCUT2D eigenvalue weighted by atomic mass is 10.1. The van der Waals surface area contributed by atoms with Crippen LogP contribution in [-0.2, 0) is 6.42 Å². The summed E-state index contributed by atoms with van der Waals surface area (Å²) >= 11 is 0. The molecule has 1 aliphatic heterocycles. The first-order valence-corrected chi connectivity index (χ1v) is 7.32. The summed E-state index contributed by atoms with van der Waals surface area (Å²) in [6.07, 6.45) is 3.04. The lowest BCUT2D eigenvalue weighted by Gasteiger charge is -2.02. The predicted molar refractivity (Wildman–Crippen MR) is 90.0 cm³/mol. The van der Waals surface area contributed by atoms with Gasteiger partial charge in [0.2, 0.25) is 0 Å². The van der Waals surface area contributed by atoms with Gasteiger partial charge in [0.05, 0.1) is 14.2 Å². The number of ether oxygens (including phenoxy) is 2. The fraction of sp³-hybridized carbons (Fsp3) is 0.222. The number of fused-ring (bicyclic) bond motifs is 2. The van der Waals surface area contributed by atoms with Crippen LogP contribution in [-0.4, -0.2) is 25.7 Å². The van der Waals surface area contributed by atoms with E-state index >= 15 is 0 Å². The Morgan fingerprint density at radius 1 is 0.909 bits per heavy atom. The van der Waals surface area contributed by atoms with Crippen LogP contribution in [0.4, 0.5) is 5.69 Å². The smallest absolute Gasteiger partial charge is 0.119 e. The second-order valence-electron chi connectivity index (χ2n) is 5.13. The van der Waals surface area contributed by atoms with Gasteiger partial charge in [-0.2, -0.15) is 0 Å². The summed E-state index contributed by atoms with van der Waals surface area (Å²) in [6, 6.07) is 14.1. The molecule has 1 aromatic heterocycles. The van der Waals surface area contributed by atoms with Gasteiger partial charge in [0, 0.05) is 29.3 Å². The number of methoxy groups -OCH3 is 2. The minimum atomic E-state index is 0.900. The van der Waals surface area contributed by atoms with Crippen molar-refractivity contribution in [2.45, 2.75) is 6.42 Å². The van der Waals surface area contributed by atoms with Gasteiger partial charge < -0.3 is 19.8 Å². The number of anilines is 1. The molecule has 2 N–H and O–H groups in total. The van der Waals surface area contributed by atoms with Gasteiger partial charge in [-0.25, -0.2) is 0 Å². The highest BCUT2D eigenvalue weighted by Gasteiger charge is 2.09. The Labute approximate surface area is 130 Å². The Kier molecular flexibility index (Phi) is 4.19. The number of aromatic nitrogens is 1. The van der Waals surface area contributed by atoms with Crippen molar-refractivity contribution in [3.8, 4) is 11.5 Å². The maximum Gasteiger partial charge on any atom is 0.119 e. The number of H-pyrrole nitrogens is 1. The molecule has 114 valence electrons. The molecule has 0 bridgehead atoms. The molecule has 0 fully saturated rings. The number of nitrogens with one attached hydrogen (secondary N) is 2. The number of hydrogen-bond donors (Lipinski definition) is 2. The van der Waals surface area contributed by atoms with Crippen LogP contribution in [0, 0.1) is 0 Å². The Morgan fingerprint density at radius 2 is 1.68 bits per heavy atom. The third-order valence-corrected chi connectivity index (χ3v) is 3.78. The van der Waals surface area contributed by atoms with Crippen LogP contribution >= 0.6 is 0 Å². The third-order valence-electron chi connectivity index (χ3n) is 3.78. The molecule has 4 nitrogen and oxygen atoms in total. The fourth-order valence-electron chi connectivity index (χ4n) is 2.57. The third kappa shape index (κ3) is 3.01. The van der Waals surface area contributed by atoms with Gasteiger partial charge in [-0.15, -0.1) is 0 Å². The average molecular weight is 296 g/mol. The summed E-state index contributed by atoms with van der Waals surface area (Å²) in [5.74, 6) is 1.85. The second kappa shape index (κ2) is 6.43. The van der Waals surface area contributed by atoms with E-state index in [9.17, 15) is 0 Å². The first kappa shape index (κ1) is 14.3. The van der Waals surface area contributed by atoms with Gasteiger partial charge >= 0.3 is 0 Å². The Hall–Kier alpha value is -2.62. The molecule has 0 atom stereocenters. The average Bonchev–Trinajstić information content (AvgIpc) is 3.22. The molecule has 0 saturated heterocycles. The lowest BCUT2D eigenvalue weighted by molar-refractivity contribution is 0.414. The minimum Gasteiger partial charge on any atom is -0.497 e. The Morgan fingerprint density at radius 3 is 2.50 bits per heavy atom. The summed E-state index contributed by atoms with van der Waals surface area (Å²) in [5, 5.41) is 4.48. The normalized spacial score (nSPS) is 12.1. The molecule has 0 unspecified atom stereocenters. The highest BCUT2D eigenvalue weighted by atomic mass is 16.5. The van der Waals surface area contributed by atoms with Crippen LogP contribution in [0.25, 0.3) is 10.9 Å². The molecule has 0 amide bonds. The SMILES string of the molecule is COc1ccc2[nH]ccc2c1.COc1ccc2c(c1)CCN2. The van der Waals surface area contributed by atoms with E-state index in [-0.39, 0.29) is 0 Å². The second-order valence-corrected chi connectivity index (χ2v) is 5.13. The van der Waals surface area contributed by atoms with E-state index in [2.05, 4.69) is 22.4 Å². The van der Waals surface area contributed by atoms with Crippen LogP contribution in [0.2, 0.25) is 0 Å². The van der Waals surface area contributed by atoms with Crippen LogP contribution in [0.1, 0.15) is 5.56 Å². The molecule has 0 spiro atoms. The number of hydrogen-bond acceptors (Lipinski definition) is 3. The highest BCUT2D eigenvalue weighted by molar-refractivity contribution is 5.80. The van der Waals surface area contributed by atoms with Crippen molar-refractivity contribution in [1.82, 2.24) is 4.98 Å². The Bertz CT molecular complexity index is 765. The highest BCUT2D eigenvalue weighted by Crippen LogP contribution is 2.25. The van der Waals surface area contributed by atoms with Crippen molar-refractivity contribution in [3.63, 3.8) is 0 Å². The van der Waals surface area contributed by atoms with Gasteiger partial charge in [-0.1, -0.05) is 0 Å². The van der Waals surface area contributed by atoms with Crippen molar-refractivity contribution < 1.29 is 9.47 Å². The van der Waals surface area contributed by atoms with Crippen molar-refractivity contribution >= 4 is 16.6 Å². The summed E-state index contributed by atoms with van der Waals surface area (Å²) in [4.78, 5) is 3.12. The van der Waals surface area contributed by atoms with E-state index in [1.165, 1.54) is 16.6 Å². The van der Waals surface area contributed by atoms with Crippen molar-refractivity contribution in [2.24, 2.45) is 0 Å². The molecule has 0 aliphatic carbocycles. The zero-order valence-corrected chi connectivity index (χ0v) is 12.8. The molecule has 4 rings (SSSR count).